The fourth-order valence-electron chi connectivity index (χ4n) is 0.501. The molecule has 9 nitrogen and oxygen atoms in total. The van der Waals surface area contributed by atoms with Gasteiger partial charge in [-0.25, -0.2) is 4.79 Å². The Balaban J connectivity index is 5.82. The Hall–Kier alpha value is -1.09. The van der Waals surface area contributed by atoms with Gasteiger partial charge in [0.25, 0.3) is 0 Å². The minimum atomic E-state index is -6.48. The first-order valence-corrected chi connectivity index (χ1v) is 7.13. The number of carbonyl (C=O) groups is 1. The third-order valence-corrected chi connectivity index (χ3v) is 4.13. The summed E-state index contributed by atoms with van der Waals surface area (Å²) in [6, 6.07) is -2.81. The Morgan fingerprint density at radius 3 is 1.29 bits per heavy atom. The number of carbonyl (C=O) groups excluding carboxylic acids is 1. The van der Waals surface area contributed by atoms with E-state index in [0.717, 1.165) is 0 Å². The van der Waals surface area contributed by atoms with Gasteiger partial charge in [0.1, 0.15) is 0 Å². The van der Waals surface area contributed by atoms with Crippen LogP contribution in [0.1, 0.15) is 0 Å². The molecule has 15 heteroatoms. The van der Waals surface area contributed by atoms with Gasteiger partial charge in [0.2, 0.25) is 0 Å². The van der Waals surface area contributed by atoms with Gasteiger partial charge in [0, 0.05) is 7.05 Å². The van der Waals surface area contributed by atoms with Crippen molar-refractivity contribution in [2.75, 3.05) is 7.05 Å². The van der Waals surface area contributed by atoms with Crippen LogP contribution in [0.4, 0.5) is 16.5 Å². The van der Waals surface area contributed by atoms with Crippen molar-refractivity contribution in [3.63, 3.8) is 0 Å². The average molecular weight is 320 g/mol. The maximum absolute atomic E-state index is 12.3. The lowest BCUT2D eigenvalue weighted by atomic mass is 11.0. The Labute approximate surface area is 94.5 Å². The van der Waals surface area contributed by atoms with E-state index in [1.165, 1.54) is 0 Å². The van der Waals surface area contributed by atoms with Crippen LogP contribution >= 0.6 is 0 Å². The van der Waals surface area contributed by atoms with E-state index in [9.17, 15) is 41.7 Å². The van der Waals surface area contributed by atoms with Crippen molar-refractivity contribution in [3.05, 3.63) is 0 Å². The third-order valence-electron chi connectivity index (χ3n) is 1.15. The zero-order valence-electron chi connectivity index (χ0n) is 7.61. The first kappa shape index (κ1) is 15.9. The zero-order chi connectivity index (χ0) is 14.2. The highest BCUT2D eigenvalue weighted by molar-refractivity contribution is 8.00. The highest BCUT2D eigenvalue weighted by Crippen LogP contribution is 2.16. The Morgan fingerprint density at radius 2 is 1.12 bits per heavy atom. The van der Waals surface area contributed by atoms with E-state index in [4.69, 9.17) is 0 Å². The monoisotopic (exact) mass is 320 g/mol. The van der Waals surface area contributed by atoms with E-state index in [-0.39, 0.29) is 7.05 Å². The summed E-state index contributed by atoms with van der Waals surface area (Å²) in [7, 11) is -18.8. The Kier molecular flexibility index (Phi) is 4.02. The molecular formula is C2H3F3N2O7S3. The van der Waals surface area contributed by atoms with Crippen LogP contribution in [0.3, 0.4) is 0 Å². The van der Waals surface area contributed by atoms with E-state index in [1.54, 1.807) is 0 Å². The van der Waals surface area contributed by atoms with Gasteiger partial charge in [0.05, 0.1) is 0 Å². The minimum Gasteiger partial charge on any atom is -0.245 e. The van der Waals surface area contributed by atoms with Crippen LogP contribution in [0, 0.1) is 0 Å². The first-order valence-electron chi connectivity index (χ1n) is 3.11. The molecule has 0 spiro atoms. The lowest BCUT2D eigenvalue weighted by Gasteiger charge is -2.17. The lowest BCUT2D eigenvalue weighted by molar-refractivity contribution is 0.219. The molecule has 102 valence electrons. The molecule has 0 fully saturated rings. The second-order valence-electron chi connectivity index (χ2n) is 2.27. The van der Waals surface area contributed by atoms with Gasteiger partial charge in [-0.1, -0.05) is 15.4 Å². The summed E-state index contributed by atoms with van der Waals surface area (Å²) in [5.74, 6) is 0. The quantitative estimate of drug-likeness (QED) is 0.609. The summed E-state index contributed by atoms with van der Waals surface area (Å²) < 4.78 is 94.3. The molecule has 17 heavy (non-hydrogen) atoms. The van der Waals surface area contributed by atoms with Gasteiger partial charge < -0.3 is 0 Å². The molecule has 0 aromatic rings. The van der Waals surface area contributed by atoms with Gasteiger partial charge in [-0.3, -0.25) is 0 Å². The summed E-state index contributed by atoms with van der Waals surface area (Å²) in [5.41, 5.74) is 0. The Bertz CT molecular complexity index is 587. The molecule has 0 bridgehead atoms. The summed E-state index contributed by atoms with van der Waals surface area (Å²) in [6.07, 6.45) is 0. The van der Waals surface area contributed by atoms with E-state index in [0.29, 0.717) is 0 Å². The normalized spacial score (nSPS) is 13.2. The van der Waals surface area contributed by atoms with Crippen LogP contribution in [0.15, 0.2) is 0 Å². The van der Waals surface area contributed by atoms with Crippen LogP contribution in [0.25, 0.3) is 0 Å². The van der Waals surface area contributed by atoms with Crippen LogP contribution in [-0.4, -0.2) is 46.3 Å². The van der Waals surface area contributed by atoms with Crippen molar-refractivity contribution < 1.29 is 41.7 Å². The third kappa shape index (κ3) is 4.00. The second-order valence-corrected chi connectivity index (χ2v) is 6.26. The van der Waals surface area contributed by atoms with Crippen molar-refractivity contribution in [2.45, 2.75) is 0 Å². The predicted octanol–water partition coefficient (Wildman–Crippen LogP) is -1.02. The van der Waals surface area contributed by atoms with Gasteiger partial charge in [-0.15, -0.1) is 0 Å². The molecule has 2 amide bonds. The fraction of sp³-hybridized carbons (Fsp3) is 0.500. The van der Waals surface area contributed by atoms with Gasteiger partial charge in [0.15, 0.2) is 0 Å². The molecule has 0 aromatic heterocycles. The summed E-state index contributed by atoms with van der Waals surface area (Å²) in [6.45, 7) is 0. The van der Waals surface area contributed by atoms with E-state index in [1.807, 2.05) is 0 Å². The largest absolute Gasteiger partial charge is 0.418 e. The second kappa shape index (κ2) is 4.30. The van der Waals surface area contributed by atoms with E-state index >= 15 is 0 Å². The average Bonchev–Trinajstić information content (AvgIpc) is 1.94. The van der Waals surface area contributed by atoms with Gasteiger partial charge >= 0.3 is 37.3 Å². The minimum absolute atomic E-state index is 0.0427. The predicted molar refractivity (Wildman–Crippen MR) is 45.1 cm³/mol. The highest BCUT2D eigenvalue weighted by Gasteiger charge is 2.44. The maximum Gasteiger partial charge on any atom is 0.418 e. The van der Waals surface area contributed by atoms with Gasteiger partial charge in [-0.2, -0.15) is 29.6 Å². The van der Waals surface area contributed by atoms with Gasteiger partial charge in [-0.05, 0) is 0 Å². The van der Waals surface area contributed by atoms with Crippen molar-refractivity contribution in [2.24, 2.45) is 0 Å². The SMILES string of the molecule is CN(C(=O)N(S(=O)(=O)F)S(=O)(=O)F)S(=O)(=O)F. The molecule has 0 radical (unpaired) electrons. The molecule has 0 rings (SSSR count). The van der Waals surface area contributed by atoms with Crippen LogP contribution in [0.5, 0.6) is 0 Å². The highest BCUT2D eigenvalue weighted by atomic mass is 32.3. The standard InChI is InChI=1S/C2H3F3N2O7S3/c1-6(15(3,9)10)2(8)7(16(4,11)12)17(5,13)14/h1H3. The number of halogens is 3. The molecule has 0 aliphatic heterocycles. The maximum atomic E-state index is 12.3. The van der Waals surface area contributed by atoms with Crippen LogP contribution < -0.4 is 0 Å². The number of hydrogen-bond acceptors (Lipinski definition) is 7. The Morgan fingerprint density at radius 1 is 0.824 bits per heavy atom. The van der Waals surface area contributed by atoms with Crippen molar-refractivity contribution in [1.29, 1.82) is 0 Å². The van der Waals surface area contributed by atoms with Crippen molar-refractivity contribution in [3.8, 4) is 0 Å². The zero-order valence-corrected chi connectivity index (χ0v) is 10.1. The number of nitrogens with zero attached hydrogens (tertiary/aromatic N) is 2. The molecule has 0 aliphatic carbocycles. The van der Waals surface area contributed by atoms with E-state index < -0.39 is 45.3 Å². The molecule has 0 aliphatic rings. The molecule has 0 unspecified atom stereocenters. The van der Waals surface area contributed by atoms with Crippen LogP contribution in [-0.2, 0) is 31.2 Å². The summed E-state index contributed by atoms with van der Waals surface area (Å²) in [4.78, 5) is 10.8. The number of urea groups is 1. The molecule has 0 saturated carbocycles. The summed E-state index contributed by atoms with van der Waals surface area (Å²) in [5, 5.41) is 0. The first-order chi connectivity index (χ1) is 7.19. The topological polar surface area (TPSA) is 126 Å². The molecule has 0 saturated heterocycles. The molecular weight excluding hydrogens is 317 g/mol. The smallest absolute Gasteiger partial charge is 0.245 e. The fourth-order valence-corrected chi connectivity index (χ4v) is 2.34. The lowest BCUT2D eigenvalue weighted by Crippen LogP contribution is -2.46. The number of rotatable bonds is 3. The van der Waals surface area contributed by atoms with Crippen molar-refractivity contribution in [1.82, 2.24) is 8.02 Å². The molecule has 0 atom stereocenters. The number of hydrogen-bond donors (Lipinski definition) is 0. The van der Waals surface area contributed by atoms with Crippen molar-refractivity contribution >= 4 is 37.3 Å². The molecule has 0 aromatic carbocycles. The summed E-state index contributed by atoms with van der Waals surface area (Å²) >= 11 is 0. The molecule has 0 heterocycles. The number of amides is 2. The van der Waals surface area contributed by atoms with Crippen LogP contribution in [0.2, 0.25) is 0 Å². The van der Waals surface area contributed by atoms with E-state index in [2.05, 4.69) is 0 Å². The molecule has 0 N–H and O–H groups in total.